The fourth-order valence-corrected chi connectivity index (χ4v) is 2.57. The van der Waals surface area contributed by atoms with Gasteiger partial charge in [0, 0.05) is 17.7 Å². The number of hydrogen-bond donors (Lipinski definition) is 1. The summed E-state index contributed by atoms with van der Waals surface area (Å²) in [6.45, 7) is 1.95. The molecule has 4 nitrogen and oxygen atoms in total. The van der Waals surface area contributed by atoms with E-state index in [-0.39, 0.29) is 6.04 Å². The summed E-state index contributed by atoms with van der Waals surface area (Å²) < 4.78 is 17.1. The number of ether oxygens (including phenoxy) is 3. The SMILES string of the molecule is COc1cc(I)c(OC)c(C[C@@H](C)N)c1OC. The smallest absolute Gasteiger partial charge is 0.167 e. The van der Waals surface area contributed by atoms with E-state index >= 15 is 0 Å². The molecule has 2 N–H and O–H groups in total. The van der Waals surface area contributed by atoms with Crippen LogP contribution in [-0.2, 0) is 6.42 Å². The minimum absolute atomic E-state index is 0.0284. The number of rotatable bonds is 5. The zero-order valence-electron chi connectivity index (χ0n) is 10.5. The van der Waals surface area contributed by atoms with Crippen molar-refractivity contribution in [2.75, 3.05) is 21.3 Å². The first-order chi connectivity index (χ1) is 8.04. The van der Waals surface area contributed by atoms with Crippen molar-refractivity contribution in [2.45, 2.75) is 19.4 Å². The summed E-state index contributed by atoms with van der Waals surface area (Å²) in [6, 6.07) is 1.92. The lowest BCUT2D eigenvalue weighted by Crippen LogP contribution is -2.19. The molecule has 0 aliphatic rings. The standard InChI is InChI=1S/C12H18INO3/c1-7(14)5-8-11(16-3)9(13)6-10(15-2)12(8)17-4/h6-7H,5,14H2,1-4H3/t7-/m1/s1. The summed E-state index contributed by atoms with van der Waals surface area (Å²) in [4.78, 5) is 0. The third kappa shape index (κ3) is 3.16. The van der Waals surface area contributed by atoms with E-state index in [9.17, 15) is 0 Å². The summed E-state index contributed by atoms with van der Waals surface area (Å²) in [6.07, 6.45) is 0.680. The Morgan fingerprint density at radius 1 is 1.18 bits per heavy atom. The van der Waals surface area contributed by atoms with Crippen LogP contribution in [0.25, 0.3) is 0 Å². The van der Waals surface area contributed by atoms with Gasteiger partial charge in [0.05, 0.1) is 24.9 Å². The van der Waals surface area contributed by atoms with E-state index in [0.29, 0.717) is 17.9 Å². The van der Waals surface area contributed by atoms with Crippen LogP contribution in [0, 0.1) is 3.57 Å². The highest BCUT2D eigenvalue weighted by molar-refractivity contribution is 14.1. The van der Waals surface area contributed by atoms with Crippen molar-refractivity contribution in [3.8, 4) is 17.2 Å². The highest BCUT2D eigenvalue weighted by atomic mass is 127. The van der Waals surface area contributed by atoms with Gasteiger partial charge in [-0.3, -0.25) is 0 Å². The van der Waals surface area contributed by atoms with Gasteiger partial charge >= 0.3 is 0 Å². The van der Waals surface area contributed by atoms with Gasteiger partial charge in [0.1, 0.15) is 5.75 Å². The molecular formula is C12H18INO3. The number of methoxy groups -OCH3 is 3. The van der Waals surface area contributed by atoms with Crippen molar-refractivity contribution in [1.82, 2.24) is 0 Å². The Morgan fingerprint density at radius 3 is 2.18 bits per heavy atom. The Labute approximate surface area is 116 Å². The van der Waals surface area contributed by atoms with E-state index in [4.69, 9.17) is 19.9 Å². The van der Waals surface area contributed by atoms with Crippen LogP contribution in [0.15, 0.2) is 6.07 Å². The van der Waals surface area contributed by atoms with Gasteiger partial charge < -0.3 is 19.9 Å². The summed E-state index contributed by atoms with van der Waals surface area (Å²) in [7, 11) is 4.89. The van der Waals surface area contributed by atoms with Crippen molar-refractivity contribution >= 4 is 22.6 Å². The summed E-state index contributed by atoms with van der Waals surface area (Å²) in [5.41, 5.74) is 6.81. The summed E-state index contributed by atoms with van der Waals surface area (Å²) >= 11 is 2.21. The Kier molecular flexibility index (Phi) is 5.32. The molecule has 17 heavy (non-hydrogen) atoms. The quantitative estimate of drug-likeness (QED) is 0.827. The van der Waals surface area contributed by atoms with Crippen LogP contribution in [0.3, 0.4) is 0 Å². The maximum absolute atomic E-state index is 5.86. The van der Waals surface area contributed by atoms with Crippen molar-refractivity contribution in [2.24, 2.45) is 5.73 Å². The lowest BCUT2D eigenvalue weighted by Gasteiger charge is -2.18. The van der Waals surface area contributed by atoms with Crippen molar-refractivity contribution in [3.05, 3.63) is 15.2 Å². The van der Waals surface area contributed by atoms with Crippen LogP contribution in [0.4, 0.5) is 0 Å². The van der Waals surface area contributed by atoms with Crippen molar-refractivity contribution in [1.29, 1.82) is 0 Å². The molecule has 1 rings (SSSR count). The highest BCUT2D eigenvalue weighted by Crippen LogP contribution is 2.41. The molecule has 5 heteroatoms. The van der Waals surface area contributed by atoms with Gasteiger partial charge in [-0.05, 0) is 35.9 Å². The van der Waals surface area contributed by atoms with Crippen LogP contribution >= 0.6 is 22.6 Å². The second kappa shape index (κ2) is 6.30. The molecule has 1 aromatic rings. The molecule has 0 bridgehead atoms. The second-order valence-electron chi connectivity index (χ2n) is 3.79. The fraction of sp³-hybridized carbons (Fsp3) is 0.500. The molecule has 0 radical (unpaired) electrons. The van der Waals surface area contributed by atoms with Crippen LogP contribution in [0.5, 0.6) is 17.2 Å². The minimum atomic E-state index is 0.0284. The molecular weight excluding hydrogens is 333 g/mol. The lowest BCUT2D eigenvalue weighted by atomic mass is 10.0. The largest absolute Gasteiger partial charge is 0.495 e. The first-order valence-corrected chi connectivity index (χ1v) is 6.35. The van der Waals surface area contributed by atoms with Gasteiger partial charge in [0.25, 0.3) is 0 Å². The Hall–Kier alpha value is -0.690. The molecule has 0 amide bonds. The third-order valence-corrected chi connectivity index (χ3v) is 3.20. The first-order valence-electron chi connectivity index (χ1n) is 5.28. The lowest BCUT2D eigenvalue weighted by molar-refractivity contribution is 0.341. The first kappa shape index (κ1) is 14.4. The van der Waals surface area contributed by atoms with Crippen LogP contribution in [-0.4, -0.2) is 27.4 Å². The molecule has 0 saturated carbocycles. The van der Waals surface area contributed by atoms with E-state index in [1.165, 1.54) is 0 Å². The van der Waals surface area contributed by atoms with Crippen LogP contribution in [0.2, 0.25) is 0 Å². The second-order valence-corrected chi connectivity index (χ2v) is 4.95. The molecule has 0 fully saturated rings. The average molecular weight is 351 g/mol. The molecule has 1 aromatic carbocycles. The zero-order valence-corrected chi connectivity index (χ0v) is 12.7. The molecule has 0 heterocycles. The Bertz CT molecular complexity index is 394. The zero-order chi connectivity index (χ0) is 13.0. The third-order valence-electron chi connectivity index (χ3n) is 2.40. The highest BCUT2D eigenvalue weighted by Gasteiger charge is 2.20. The predicted molar refractivity (Wildman–Crippen MR) is 76.2 cm³/mol. The minimum Gasteiger partial charge on any atom is -0.495 e. The van der Waals surface area contributed by atoms with Crippen molar-refractivity contribution in [3.63, 3.8) is 0 Å². The average Bonchev–Trinajstić information content (AvgIpc) is 2.28. The van der Waals surface area contributed by atoms with E-state index in [1.54, 1.807) is 21.3 Å². The predicted octanol–water partition coefficient (Wildman–Crippen LogP) is 2.21. The van der Waals surface area contributed by atoms with Gasteiger partial charge in [0.2, 0.25) is 0 Å². The van der Waals surface area contributed by atoms with Gasteiger partial charge in [-0.15, -0.1) is 0 Å². The van der Waals surface area contributed by atoms with Gasteiger partial charge in [-0.2, -0.15) is 0 Å². The number of hydrogen-bond acceptors (Lipinski definition) is 4. The molecule has 0 aliphatic heterocycles. The fourth-order valence-electron chi connectivity index (χ4n) is 1.75. The summed E-state index contributed by atoms with van der Waals surface area (Å²) in [5.74, 6) is 2.20. The number of nitrogens with two attached hydrogens (primary N) is 1. The molecule has 0 saturated heterocycles. The monoisotopic (exact) mass is 351 g/mol. The Balaban J connectivity index is 3.41. The maximum atomic E-state index is 5.86. The summed E-state index contributed by atoms with van der Waals surface area (Å²) in [5, 5.41) is 0. The van der Waals surface area contributed by atoms with Gasteiger partial charge in [-0.25, -0.2) is 0 Å². The molecule has 0 aliphatic carbocycles. The maximum Gasteiger partial charge on any atom is 0.167 e. The number of halogens is 1. The van der Waals surface area contributed by atoms with E-state index < -0.39 is 0 Å². The van der Waals surface area contributed by atoms with E-state index in [2.05, 4.69) is 22.6 Å². The molecule has 96 valence electrons. The van der Waals surface area contributed by atoms with Crippen molar-refractivity contribution < 1.29 is 14.2 Å². The molecule has 0 spiro atoms. The molecule has 0 unspecified atom stereocenters. The van der Waals surface area contributed by atoms with E-state index in [0.717, 1.165) is 14.9 Å². The Morgan fingerprint density at radius 2 is 1.76 bits per heavy atom. The molecule has 0 aromatic heterocycles. The van der Waals surface area contributed by atoms with E-state index in [1.807, 2.05) is 13.0 Å². The topological polar surface area (TPSA) is 53.7 Å². The van der Waals surface area contributed by atoms with Gasteiger partial charge in [-0.1, -0.05) is 0 Å². The molecule has 1 atom stereocenters. The normalized spacial score (nSPS) is 12.1. The van der Waals surface area contributed by atoms with Gasteiger partial charge in [0.15, 0.2) is 11.5 Å². The number of benzene rings is 1. The van der Waals surface area contributed by atoms with Crippen LogP contribution < -0.4 is 19.9 Å². The van der Waals surface area contributed by atoms with Crippen LogP contribution in [0.1, 0.15) is 12.5 Å².